The smallest absolute Gasteiger partial charge is 0.101 e. The summed E-state index contributed by atoms with van der Waals surface area (Å²) in [5.74, 6) is 0. The molecule has 0 aliphatic carbocycles. The number of halogens is 1. The lowest BCUT2D eigenvalue weighted by Gasteiger charge is -2.09. The van der Waals surface area contributed by atoms with Crippen LogP contribution in [0.25, 0.3) is 5.69 Å². The van der Waals surface area contributed by atoms with Crippen LogP contribution in [-0.2, 0) is 6.42 Å². The number of rotatable bonds is 3. The molecule has 0 unspecified atom stereocenters. The van der Waals surface area contributed by atoms with Crippen molar-refractivity contribution in [1.82, 2.24) is 9.55 Å². The normalized spacial score (nSPS) is 10.2. The van der Waals surface area contributed by atoms with Gasteiger partial charge in [0.15, 0.2) is 0 Å². The second-order valence-electron chi connectivity index (χ2n) is 3.57. The molecule has 1 aromatic carbocycles. The van der Waals surface area contributed by atoms with Crippen molar-refractivity contribution >= 4 is 15.9 Å². The van der Waals surface area contributed by atoms with Gasteiger partial charge in [0.2, 0.25) is 0 Å². The Morgan fingerprint density at radius 1 is 1.47 bits per heavy atom. The highest BCUT2D eigenvalue weighted by atomic mass is 79.9. The minimum Gasteiger partial charge on any atom is -0.330 e. The minimum atomic E-state index is 0.557. The Hall–Kier alpha value is -1.64. The lowest BCUT2D eigenvalue weighted by atomic mass is 10.2. The predicted molar refractivity (Wildman–Crippen MR) is 68.7 cm³/mol. The summed E-state index contributed by atoms with van der Waals surface area (Å²) in [4.78, 5) is 4.10. The molecule has 0 aliphatic heterocycles. The number of nitrogens with two attached hydrogens (primary N) is 1. The second-order valence-corrected chi connectivity index (χ2v) is 4.48. The fourth-order valence-corrected chi connectivity index (χ4v) is 2.02. The van der Waals surface area contributed by atoms with Crippen LogP contribution < -0.4 is 5.73 Å². The van der Waals surface area contributed by atoms with E-state index in [2.05, 4.69) is 27.0 Å². The molecule has 0 spiro atoms. The summed E-state index contributed by atoms with van der Waals surface area (Å²) in [6, 6.07) is 7.71. The van der Waals surface area contributed by atoms with Gasteiger partial charge in [-0.3, -0.25) is 0 Å². The van der Waals surface area contributed by atoms with Crippen LogP contribution in [0.5, 0.6) is 0 Å². The molecule has 4 nitrogen and oxygen atoms in total. The van der Waals surface area contributed by atoms with Crippen LogP contribution in [0.3, 0.4) is 0 Å². The van der Waals surface area contributed by atoms with Crippen LogP contribution >= 0.6 is 15.9 Å². The third-order valence-electron chi connectivity index (χ3n) is 2.46. The quantitative estimate of drug-likeness (QED) is 0.940. The SMILES string of the molecule is N#Cc1ccc(Br)cc1-n1cncc1CCN. The molecule has 0 amide bonds. The van der Waals surface area contributed by atoms with Gasteiger partial charge in [-0.1, -0.05) is 15.9 Å². The summed E-state index contributed by atoms with van der Waals surface area (Å²) in [7, 11) is 0. The molecule has 0 saturated carbocycles. The summed E-state index contributed by atoms with van der Waals surface area (Å²) in [5.41, 5.74) is 7.99. The Bertz CT molecular complexity index is 568. The predicted octanol–water partition coefficient (Wildman–Crippen LogP) is 2.01. The van der Waals surface area contributed by atoms with Crippen molar-refractivity contribution in [2.75, 3.05) is 6.54 Å². The van der Waals surface area contributed by atoms with Crippen LogP contribution in [0.1, 0.15) is 11.3 Å². The van der Waals surface area contributed by atoms with Gasteiger partial charge in [0, 0.05) is 22.8 Å². The maximum atomic E-state index is 9.11. The van der Waals surface area contributed by atoms with Gasteiger partial charge in [0.05, 0.1) is 17.6 Å². The molecular formula is C12H11BrN4. The first-order chi connectivity index (χ1) is 8.26. The van der Waals surface area contributed by atoms with Crippen LogP contribution in [0.2, 0.25) is 0 Å². The highest BCUT2D eigenvalue weighted by Gasteiger charge is 2.08. The molecule has 17 heavy (non-hydrogen) atoms. The van der Waals surface area contributed by atoms with Crippen LogP contribution in [-0.4, -0.2) is 16.1 Å². The third-order valence-corrected chi connectivity index (χ3v) is 2.95. The summed E-state index contributed by atoms with van der Waals surface area (Å²) in [5, 5.41) is 9.11. The number of nitrogens with zero attached hydrogens (tertiary/aromatic N) is 3. The van der Waals surface area contributed by atoms with Gasteiger partial charge in [-0.05, 0) is 24.7 Å². The zero-order valence-corrected chi connectivity index (χ0v) is 10.7. The van der Waals surface area contributed by atoms with Crippen molar-refractivity contribution in [2.45, 2.75) is 6.42 Å². The van der Waals surface area contributed by atoms with E-state index in [1.54, 1.807) is 18.6 Å². The van der Waals surface area contributed by atoms with E-state index in [9.17, 15) is 0 Å². The number of nitriles is 1. The lowest BCUT2D eigenvalue weighted by Crippen LogP contribution is -2.08. The molecule has 5 heteroatoms. The van der Waals surface area contributed by atoms with E-state index in [1.165, 1.54) is 0 Å². The van der Waals surface area contributed by atoms with Gasteiger partial charge in [-0.15, -0.1) is 0 Å². The molecule has 2 rings (SSSR count). The largest absolute Gasteiger partial charge is 0.330 e. The number of hydrogen-bond acceptors (Lipinski definition) is 3. The maximum Gasteiger partial charge on any atom is 0.101 e. The highest BCUT2D eigenvalue weighted by molar-refractivity contribution is 9.10. The molecule has 2 N–H and O–H groups in total. The topological polar surface area (TPSA) is 67.6 Å². The summed E-state index contributed by atoms with van der Waals surface area (Å²) in [6.07, 6.45) is 4.21. The van der Waals surface area contributed by atoms with Gasteiger partial charge in [-0.2, -0.15) is 5.26 Å². The Morgan fingerprint density at radius 2 is 2.29 bits per heavy atom. The van der Waals surface area contributed by atoms with E-state index in [4.69, 9.17) is 11.0 Å². The Labute approximate surface area is 108 Å². The number of benzene rings is 1. The maximum absolute atomic E-state index is 9.11. The standard InChI is InChI=1S/C12H11BrN4/c13-10-2-1-9(6-15)12(5-10)17-8-16-7-11(17)3-4-14/h1-2,5,7-8H,3-4,14H2. The van der Waals surface area contributed by atoms with Gasteiger partial charge in [0.1, 0.15) is 6.07 Å². The molecule has 2 aromatic rings. The molecule has 0 radical (unpaired) electrons. The van der Waals surface area contributed by atoms with Crippen LogP contribution in [0.4, 0.5) is 0 Å². The number of aromatic nitrogens is 2. The van der Waals surface area contributed by atoms with E-state index < -0.39 is 0 Å². The van der Waals surface area contributed by atoms with E-state index >= 15 is 0 Å². The van der Waals surface area contributed by atoms with Gasteiger partial charge in [-0.25, -0.2) is 4.98 Å². The first-order valence-corrected chi connectivity index (χ1v) is 5.97. The van der Waals surface area contributed by atoms with E-state index in [0.717, 1.165) is 22.3 Å². The molecule has 0 saturated heterocycles. The molecular weight excluding hydrogens is 280 g/mol. The molecule has 1 aromatic heterocycles. The third kappa shape index (κ3) is 2.38. The van der Waals surface area contributed by atoms with Crippen molar-refractivity contribution < 1.29 is 0 Å². The lowest BCUT2D eigenvalue weighted by molar-refractivity contribution is 0.872. The zero-order chi connectivity index (χ0) is 12.3. The summed E-state index contributed by atoms with van der Waals surface area (Å²) < 4.78 is 2.83. The van der Waals surface area contributed by atoms with E-state index in [1.807, 2.05) is 16.7 Å². The van der Waals surface area contributed by atoms with Gasteiger partial charge < -0.3 is 10.3 Å². The van der Waals surface area contributed by atoms with Crippen molar-refractivity contribution in [3.05, 3.63) is 46.5 Å². The number of imidazole rings is 1. The molecule has 0 aliphatic rings. The van der Waals surface area contributed by atoms with E-state index in [0.29, 0.717) is 12.1 Å². The average molecular weight is 291 g/mol. The monoisotopic (exact) mass is 290 g/mol. The van der Waals surface area contributed by atoms with Crippen LogP contribution in [0.15, 0.2) is 35.2 Å². The average Bonchev–Trinajstić information content (AvgIpc) is 2.77. The van der Waals surface area contributed by atoms with Crippen LogP contribution in [0, 0.1) is 11.3 Å². The molecule has 86 valence electrons. The van der Waals surface area contributed by atoms with Crippen molar-refractivity contribution in [3.63, 3.8) is 0 Å². The second kappa shape index (κ2) is 5.13. The molecule has 0 bridgehead atoms. The number of hydrogen-bond donors (Lipinski definition) is 1. The summed E-state index contributed by atoms with van der Waals surface area (Å²) in [6.45, 7) is 0.557. The Balaban J connectivity index is 2.56. The fourth-order valence-electron chi connectivity index (χ4n) is 1.67. The van der Waals surface area contributed by atoms with Gasteiger partial charge in [0.25, 0.3) is 0 Å². The van der Waals surface area contributed by atoms with Gasteiger partial charge >= 0.3 is 0 Å². The van der Waals surface area contributed by atoms with Crippen molar-refractivity contribution in [3.8, 4) is 11.8 Å². The first kappa shape index (κ1) is 11.8. The first-order valence-electron chi connectivity index (χ1n) is 5.17. The Kier molecular flexibility index (Phi) is 3.57. The van der Waals surface area contributed by atoms with Crippen molar-refractivity contribution in [2.24, 2.45) is 5.73 Å². The molecule has 0 atom stereocenters. The van der Waals surface area contributed by atoms with E-state index in [-0.39, 0.29) is 0 Å². The minimum absolute atomic E-state index is 0.557. The highest BCUT2D eigenvalue weighted by Crippen LogP contribution is 2.21. The Morgan fingerprint density at radius 3 is 3.00 bits per heavy atom. The zero-order valence-electron chi connectivity index (χ0n) is 9.10. The van der Waals surface area contributed by atoms with Crippen molar-refractivity contribution in [1.29, 1.82) is 5.26 Å². The summed E-state index contributed by atoms with van der Waals surface area (Å²) >= 11 is 3.41. The fraction of sp³-hybridized carbons (Fsp3) is 0.167. The molecule has 1 heterocycles. The molecule has 0 fully saturated rings.